The average Bonchev–Trinajstić information content (AvgIpc) is 3.17. The fourth-order valence-corrected chi connectivity index (χ4v) is 4.96. The summed E-state index contributed by atoms with van der Waals surface area (Å²) in [5.74, 6) is 5.51. The number of hydrogen-bond donors (Lipinski definition) is 0. The van der Waals surface area contributed by atoms with Gasteiger partial charge in [0.05, 0.1) is 0 Å². The zero-order valence-corrected chi connectivity index (χ0v) is 12.5. The maximum Gasteiger partial charge on any atom is 0.144 e. The highest BCUT2D eigenvalue weighted by Crippen LogP contribution is 2.50. The molecule has 0 unspecified atom stereocenters. The van der Waals surface area contributed by atoms with Gasteiger partial charge in [0.1, 0.15) is 4.75 Å². The van der Waals surface area contributed by atoms with Gasteiger partial charge in [0, 0.05) is 26.6 Å². The van der Waals surface area contributed by atoms with Gasteiger partial charge in [-0.15, -0.1) is 35.5 Å². The van der Waals surface area contributed by atoms with E-state index in [-0.39, 0.29) is 0 Å². The summed E-state index contributed by atoms with van der Waals surface area (Å²) < 4.78 is -0.494. The standard InChI is InChI=1S/C16H10S3/c1-3-16(4-2)9-7-14(19-16)15-12(8-11-18-15)13-6-5-10-17-13/h1-2,5-8,10-11H,9H2. The lowest BCUT2D eigenvalue weighted by Crippen LogP contribution is -2.14. The molecule has 0 atom stereocenters. The summed E-state index contributed by atoms with van der Waals surface area (Å²) in [4.78, 5) is 3.78. The second-order valence-corrected chi connectivity index (χ2v) is 7.34. The van der Waals surface area contributed by atoms with Crippen LogP contribution >= 0.6 is 34.4 Å². The van der Waals surface area contributed by atoms with Gasteiger partial charge >= 0.3 is 0 Å². The Morgan fingerprint density at radius 1 is 1.11 bits per heavy atom. The van der Waals surface area contributed by atoms with E-state index in [0.29, 0.717) is 0 Å². The van der Waals surface area contributed by atoms with Crippen molar-refractivity contribution in [2.24, 2.45) is 0 Å². The maximum absolute atomic E-state index is 5.59. The topological polar surface area (TPSA) is 0 Å². The molecule has 0 N–H and O–H groups in total. The van der Waals surface area contributed by atoms with Crippen molar-refractivity contribution >= 4 is 39.3 Å². The van der Waals surface area contributed by atoms with Crippen LogP contribution in [0.2, 0.25) is 0 Å². The summed E-state index contributed by atoms with van der Waals surface area (Å²) in [6, 6.07) is 6.38. The highest BCUT2D eigenvalue weighted by molar-refractivity contribution is 8.10. The normalized spacial score (nSPS) is 16.6. The SMILES string of the molecule is C#CC1(C#C)CC=C(c2sccc2-c2cccs2)S1. The van der Waals surface area contributed by atoms with E-state index < -0.39 is 4.75 Å². The Morgan fingerprint density at radius 2 is 1.95 bits per heavy atom. The minimum Gasteiger partial charge on any atom is -0.144 e. The van der Waals surface area contributed by atoms with E-state index in [2.05, 4.69) is 46.9 Å². The highest BCUT2D eigenvalue weighted by Gasteiger charge is 2.33. The van der Waals surface area contributed by atoms with Gasteiger partial charge in [0.25, 0.3) is 0 Å². The number of thioether (sulfide) groups is 1. The van der Waals surface area contributed by atoms with Crippen LogP contribution < -0.4 is 0 Å². The zero-order chi connectivity index (χ0) is 13.3. The van der Waals surface area contributed by atoms with Gasteiger partial charge in [-0.3, -0.25) is 0 Å². The number of allylic oxidation sites excluding steroid dienone is 1. The molecule has 3 heteroatoms. The molecule has 2 aromatic rings. The predicted molar refractivity (Wildman–Crippen MR) is 88.2 cm³/mol. The zero-order valence-electron chi connectivity index (χ0n) is 10.1. The van der Waals surface area contributed by atoms with Gasteiger partial charge < -0.3 is 0 Å². The summed E-state index contributed by atoms with van der Waals surface area (Å²) in [5.41, 5.74) is 1.28. The van der Waals surface area contributed by atoms with Gasteiger partial charge in [0.15, 0.2) is 0 Å². The Bertz CT molecular complexity index is 688. The van der Waals surface area contributed by atoms with E-state index in [1.165, 1.54) is 20.2 Å². The Kier molecular flexibility index (Phi) is 3.29. The molecule has 0 radical (unpaired) electrons. The van der Waals surface area contributed by atoms with Crippen molar-refractivity contribution in [2.45, 2.75) is 11.2 Å². The van der Waals surface area contributed by atoms with E-state index in [1.54, 1.807) is 34.4 Å². The average molecular weight is 298 g/mol. The van der Waals surface area contributed by atoms with Crippen molar-refractivity contribution < 1.29 is 0 Å². The fraction of sp³-hybridized carbons (Fsp3) is 0.125. The van der Waals surface area contributed by atoms with E-state index >= 15 is 0 Å². The minimum atomic E-state index is -0.494. The van der Waals surface area contributed by atoms with E-state index in [4.69, 9.17) is 12.8 Å². The Morgan fingerprint density at radius 3 is 2.58 bits per heavy atom. The van der Waals surface area contributed by atoms with Crippen LogP contribution in [0.3, 0.4) is 0 Å². The number of rotatable bonds is 2. The molecule has 1 aliphatic heterocycles. The molecule has 92 valence electrons. The van der Waals surface area contributed by atoms with Crippen LogP contribution in [0.15, 0.2) is 35.0 Å². The van der Waals surface area contributed by atoms with Crippen LogP contribution in [-0.4, -0.2) is 4.75 Å². The molecule has 1 aliphatic rings. The monoisotopic (exact) mass is 298 g/mol. The van der Waals surface area contributed by atoms with Crippen molar-refractivity contribution in [1.29, 1.82) is 0 Å². The molecule has 3 heterocycles. The van der Waals surface area contributed by atoms with Gasteiger partial charge in [0.2, 0.25) is 0 Å². The first-order valence-corrected chi connectivity index (χ1v) is 8.32. The van der Waals surface area contributed by atoms with Gasteiger partial charge in [-0.25, -0.2) is 0 Å². The fourth-order valence-electron chi connectivity index (χ4n) is 1.99. The lowest BCUT2D eigenvalue weighted by Gasteiger charge is -2.14. The third-order valence-electron chi connectivity index (χ3n) is 3.00. The molecule has 0 amide bonds. The lowest BCUT2D eigenvalue weighted by molar-refractivity contribution is 0.978. The van der Waals surface area contributed by atoms with Crippen molar-refractivity contribution in [1.82, 2.24) is 0 Å². The second kappa shape index (κ2) is 4.94. The largest absolute Gasteiger partial charge is 0.144 e. The minimum absolute atomic E-state index is 0.494. The lowest BCUT2D eigenvalue weighted by atomic mass is 10.1. The summed E-state index contributed by atoms with van der Waals surface area (Å²) in [6.45, 7) is 0. The Hall–Kier alpha value is -1.39. The first-order valence-electron chi connectivity index (χ1n) is 5.74. The number of terminal acetylenes is 2. The molecular formula is C16H10S3. The Labute approximate surface area is 125 Å². The molecule has 3 rings (SSSR count). The van der Waals surface area contributed by atoms with E-state index in [0.717, 1.165) is 6.42 Å². The molecule has 0 aliphatic carbocycles. The van der Waals surface area contributed by atoms with Gasteiger partial charge in [-0.2, -0.15) is 0 Å². The predicted octanol–water partition coefficient (Wildman–Crippen LogP) is 4.96. The molecule has 0 saturated carbocycles. The molecule has 0 spiro atoms. The first-order chi connectivity index (χ1) is 9.28. The Balaban J connectivity index is 1.97. The third kappa shape index (κ3) is 2.15. The van der Waals surface area contributed by atoms with Gasteiger partial charge in [-0.1, -0.05) is 35.7 Å². The summed E-state index contributed by atoms with van der Waals surface area (Å²) >= 11 is 5.13. The van der Waals surface area contributed by atoms with Crippen molar-refractivity contribution in [2.75, 3.05) is 0 Å². The van der Waals surface area contributed by atoms with E-state index in [9.17, 15) is 0 Å². The molecular weight excluding hydrogens is 288 g/mol. The van der Waals surface area contributed by atoms with Crippen molar-refractivity contribution in [3.8, 4) is 35.1 Å². The summed E-state index contributed by atoms with van der Waals surface area (Å²) in [5, 5.41) is 4.22. The smallest absolute Gasteiger partial charge is 0.144 e. The number of hydrogen-bond acceptors (Lipinski definition) is 3. The molecule has 0 bridgehead atoms. The van der Waals surface area contributed by atoms with Crippen LogP contribution in [0.1, 0.15) is 11.3 Å². The number of thiophene rings is 2. The summed E-state index contributed by atoms with van der Waals surface area (Å²) in [6.07, 6.45) is 14.1. The quantitative estimate of drug-likeness (QED) is 0.706. The molecule has 0 nitrogen and oxygen atoms in total. The maximum atomic E-state index is 5.59. The summed E-state index contributed by atoms with van der Waals surface area (Å²) in [7, 11) is 0. The molecule has 0 fully saturated rings. The van der Waals surface area contributed by atoms with E-state index in [1.807, 2.05) is 0 Å². The van der Waals surface area contributed by atoms with Crippen molar-refractivity contribution in [3.63, 3.8) is 0 Å². The molecule has 0 aromatic carbocycles. The molecule has 19 heavy (non-hydrogen) atoms. The van der Waals surface area contributed by atoms with Crippen LogP contribution in [0.25, 0.3) is 15.3 Å². The molecule has 0 saturated heterocycles. The third-order valence-corrected chi connectivity index (χ3v) is 6.32. The first kappa shape index (κ1) is 12.6. The van der Waals surface area contributed by atoms with Crippen LogP contribution in [0, 0.1) is 24.7 Å². The van der Waals surface area contributed by atoms with Crippen LogP contribution in [0.5, 0.6) is 0 Å². The van der Waals surface area contributed by atoms with Crippen LogP contribution in [-0.2, 0) is 0 Å². The highest BCUT2D eigenvalue weighted by atomic mass is 32.2. The second-order valence-electron chi connectivity index (χ2n) is 4.13. The van der Waals surface area contributed by atoms with Crippen LogP contribution in [0.4, 0.5) is 0 Å². The van der Waals surface area contributed by atoms with Gasteiger partial charge in [-0.05, 0) is 22.9 Å². The molecule has 2 aromatic heterocycles. The van der Waals surface area contributed by atoms with Crippen molar-refractivity contribution in [3.05, 3.63) is 39.9 Å².